The Morgan fingerprint density at radius 2 is 2.00 bits per heavy atom. The smallest absolute Gasteiger partial charge is 0.322 e. The molecular formula is C13H16ClN3O. The minimum atomic E-state index is 0.239. The van der Waals surface area contributed by atoms with Gasteiger partial charge in [-0.1, -0.05) is 36.6 Å². The van der Waals surface area contributed by atoms with Crippen molar-refractivity contribution in [1.82, 2.24) is 10.2 Å². The zero-order chi connectivity index (χ0) is 12.8. The minimum Gasteiger partial charge on any atom is -0.406 e. The van der Waals surface area contributed by atoms with Crippen LogP contribution >= 0.6 is 11.6 Å². The molecule has 0 aliphatic rings. The topological polar surface area (TPSA) is 42.2 Å². The number of para-hydroxylation sites is 1. The SMILES string of the molecule is CCCCN(c1ccccc1)c1nnc(CCl)o1. The molecule has 2 aromatic rings. The summed E-state index contributed by atoms with van der Waals surface area (Å²) in [6, 6.07) is 10.5. The summed E-state index contributed by atoms with van der Waals surface area (Å²) < 4.78 is 5.52. The van der Waals surface area contributed by atoms with Gasteiger partial charge < -0.3 is 4.42 Å². The van der Waals surface area contributed by atoms with Crippen LogP contribution in [0.1, 0.15) is 25.7 Å². The summed E-state index contributed by atoms with van der Waals surface area (Å²) in [6.07, 6.45) is 2.17. The molecule has 0 fully saturated rings. The third-order valence-corrected chi connectivity index (χ3v) is 2.83. The standard InChI is InChI=1S/C13H16ClN3O/c1-2-3-9-17(11-7-5-4-6-8-11)13-16-15-12(10-14)18-13/h4-8H,2-3,9-10H2,1H3. The van der Waals surface area contributed by atoms with Crippen molar-refractivity contribution < 1.29 is 4.42 Å². The monoisotopic (exact) mass is 265 g/mol. The van der Waals surface area contributed by atoms with Crippen LogP contribution in [-0.4, -0.2) is 16.7 Å². The summed E-state index contributed by atoms with van der Waals surface area (Å²) in [4.78, 5) is 2.02. The fourth-order valence-corrected chi connectivity index (χ4v) is 1.78. The predicted molar refractivity (Wildman–Crippen MR) is 72.2 cm³/mol. The van der Waals surface area contributed by atoms with Crippen LogP contribution in [0.15, 0.2) is 34.7 Å². The molecule has 0 saturated heterocycles. The maximum absolute atomic E-state index is 5.68. The van der Waals surface area contributed by atoms with Crippen LogP contribution in [0.25, 0.3) is 0 Å². The van der Waals surface area contributed by atoms with Gasteiger partial charge in [-0.25, -0.2) is 0 Å². The fraction of sp³-hybridized carbons (Fsp3) is 0.385. The molecule has 96 valence electrons. The molecule has 4 nitrogen and oxygen atoms in total. The summed E-state index contributed by atoms with van der Waals surface area (Å²) in [7, 11) is 0. The van der Waals surface area contributed by atoms with Crippen molar-refractivity contribution >= 4 is 23.3 Å². The molecule has 0 atom stereocenters. The Morgan fingerprint density at radius 1 is 1.22 bits per heavy atom. The molecule has 1 aromatic heterocycles. The Bertz CT molecular complexity index is 472. The lowest BCUT2D eigenvalue weighted by molar-refractivity contribution is 0.510. The fourth-order valence-electron chi connectivity index (χ4n) is 1.67. The van der Waals surface area contributed by atoms with Crippen molar-refractivity contribution in [3.63, 3.8) is 0 Å². The van der Waals surface area contributed by atoms with Crippen LogP contribution in [0.4, 0.5) is 11.7 Å². The number of benzene rings is 1. The van der Waals surface area contributed by atoms with Crippen LogP contribution < -0.4 is 4.90 Å². The van der Waals surface area contributed by atoms with Crippen molar-refractivity contribution in [2.24, 2.45) is 0 Å². The molecule has 0 aliphatic heterocycles. The van der Waals surface area contributed by atoms with Gasteiger partial charge in [0.05, 0.1) is 0 Å². The van der Waals surface area contributed by atoms with Crippen molar-refractivity contribution in [3.05, 3.63) is 36.2 Å². The molecule has 18 heavy (non-hydrogen) atoms. The second kappa shape index (κ2) is 6.40. The van der Waals surface area contributed by atoms with Gasteiger partial charge in [-0.2, -0.15) is 0 Å². The average Bonchev–Trinajstić information content (AvgIpc) is 2.89. The first kappa shape index (κ1) is 12.9. The summed E-state index contributed by atoms with van der Waals surface area (Å²) in [5, 5.41) is 7.94. The van der Waals surface area contributed by atoms with Gasteiger partial charge in [0.2, 0.25) is 5.89 Å². The molecule has 0 unspecified atom stereocenters. The number of aromatic nitrogens is 2. The van der Waals surface area contributed by atoms with Crippen molar-refractivity contribution in [1.29, 1.82) is 0 Å². The van der Waals surface area contributed by atoms with E-state index in [0.29, 0.717) is 11.9 Å². The lowest BCUT2D eigenvalue weighted by atomic mass is 10.2. The molecule has 0 radical (unpaired) electrons. The van der Waals surface area contributed by atoms with Crippen molar-refractivity contribution in [2.75, 3.05) is 11.4 Å². The number of alkyl halides is 1. The summed E-state index contributed by atoms with van der Waals surface area (Å²) >= 11 is 5.68. The van der Waals surface area contributed by atoms with Crippen LogP contribution in [-0.2, 0) is 5.88 Å². The number of halogens is 1. The van der Waals surface area contributed by atoms with Gasteiger partial charge in [-0.3, -0.25) is 4.90 Å². The Morgan fingerprint density at radius 3 is 2.61 bits per heavy atom. The number of hydrogen-bond acceptors (Lipinski definition) is 4. The van der Waals surface area contributed by atoms with E-state index in [1.165, 1.54) is 0 Å². The van der Waals surface area contributed by atoms with Crippen LogP contribution in [0.2, 0.25) is 0 Å². The van der Waals surface area contributed by atoms with Crippen LogP contribution in [0.5, 0.6) is 0 Å². The lowest BCUT2D eigenvalue weighted by Gasteiger charge is -2.19. The van der Waals surface area contributed by atoms with Gasteiger partial charge in [0.1, 0.15) is 5.88 Å². The van der Waals surface area contributed by atoms with E-state index < -0.39 is 0 Å². The van der Waals surface area contributed by atoms with E-state index in [-0.39, 0.29) is 5.88 Å². The van der Waals surface area contributed by atoms with Gasteiger partial charge in [-0.15, -0.1) is 16.7 Å². The number of rotatable bonds is 6. The third kappa shape index (κ3) is 3.01. The second-order valence-electron chi connectivity index (χ2n) is 3.95. The molecule has 1 heterocycles. The Labute approximate surface area is 112 Å². The van der Waals surface area contributed by atoms with Gasteiger partial charge >= 0.3 is 6.01 Å². The zero-order valence-electron chi connectivity index (χ0n) is 10.3. The summed E-state index contributed by atoms with van der Waals surface area (Å²) in [5.41, 5.74) is 1.05. The Balaban J connectivity index is 2.24. The van der Waals surface area contributed by atoms with Crippen molar-refractivity contribution in [2.45, 2.75) is 25.6 Å². The number of hydrogen-bond donors (Lipinski definition) is 0. The molecule has 0 bridgehead atoms. The lowest BCUT2D eigenvalue weighted by Crippen LogP contribution is -2.18. The zero-order valence-corrected chi connectivity index (χ0v) is 11.1. The average molecular weight is 266 g/mol. The highest BCUT2D eigenvalue weighted by atomic mass is 35.5. The highest BCUT2D eigenvalue weighted by Crippen LogP contribution is 2.24. The molecule has 0 aliphatic carbocycles. The van der Waals surface area contributed by atoms with Gasteiger partial charge in [0.15, 0.2) is 0 Å². The summed E-state index contributed by atoms with van der Waals surface area (Å²) in [5.74, 6) is 0.688. The van der Waals surface area contributed by atoms with Crippen LogP contribution in [0, 0.1) is 0 Å². The first-order chi connectivity index (χ1) is 8.85. The number of anilines is 2. The maximum atomic E-state index is 5.68. The van der Waals surface area contributed by atoms with Crippen molar-refractivity contribution in [3.8, 4) is 0 Å². The van der Waals surface area contributed by atoms with E-state index in [0.717, 1.165) is 25.1 Å². The molecule has 0 spiro atoms. The van der Waals surface area contributed by atoms with Crippen LogP contribution in [0.3, 0.4) is 0 Å². The predicted octanol–water partition coefficient (Wildman–Crippen LogP) is 3.75. The van der Waals surface area contributed by atoms with Gasteiger partial charge in [0.25, 0.3) is 0 Å². The first-order valence-electron chi connectivity index (χ1n) is 6.06. The Kier molecular flexibility index (Phi) is 4.59. The highest BCUT2D eigenvalue weighted by Gasteiger charge is 2.15. The van der Waals surface area contributed by atoms with E-state index in [9.17, 15) is 0 Å². The van der Waals surface area contributed by atoms with E-state index in [4.69, 9.17) is 16.0 Å². The van der Waals surface area contributed by atoms with Gasteiger partial charge in [0, 0.05) is 12.2 Å². The normalized spacial score (nSPS) is 10.6. The minimum absolute atomic E-state index is 0.239. The Hall–Kier alpha value is -1.55. The quantitative estimate of drug-likeness (QED) is 0.746. The maximum Gasteiger partial charge on any atom is 0.322 e. The molecule has 2 rings (SSSR count). The molecule has 0 amide bonds. The molecule has 1 aromatic carbocycles. The molecule has 0 saturated carbocycles. The molecular weight excluding hydrogens is 250 g/mol. The molecule has 0 N–H and O–H groups in total. The third-order valence-electron chi connectivity index (χ3n) is 2.60. The van der Waals surface area contributed by atoms with E-state index in [1.54, 1.807) is 0 Å². The molecule has 5 heteroatoms. The van der Waals surface area contributed by atoms with E-state index in [1.807, 2.05) is 35.2 Å². The second-order valence-corrected chi connectivity index (χ2v) is 4.22. The summed E-state index contributed by atoms with van der Waals surface area (Å²) in [6.45, 7) is 3.01. The highest BCUT2D eigenvalue weighted by molar-refractivity contribution is 6.16. The number of unbranched alkanes of at least 4 members (excludes halogenated alkanes) is 1. The number of nitrogens with zero attached hydrogens (tertiary/aromatic N) is 3. The van der Waals surface area contributed by atoms with E-state index >= 15 is 0 Å². The van der Waals surface area contributed by atoms with E-state index in [2.05, 4.69) is 17.1 Å². The van der Waals surface area contributed by atoms with Gasteiger partial charge in [-0.05, 0) is 18.6 Å². The first-order valence-corrected chi connectivity index (χ1v) is 6.59. The largest absolute Gasteiger partial charge is 0.406 e.